The highest BCUT2D eigenvalue weighted by atomic mass is 16.5. The van der Waals surface area contributed by atoms with Crippen molar-refractivity contribution in [3.8, 4) is 5.88 Å². The molecule has 0 aliphatic heterocycles. The summed E-state index contributed by atoms with van der Waals surface area (Å²) in [6.07, 6.45) is 5.11. The van der Waals surface area contributed by atoms with Crippen molar-refractivity contribution in [2.75, 3.05) is 17.6 Å². The molecule has 0 amide bonds. The summed E-state index contributed by atoms with van der Waals surface area (Å²) in [4.78, 5) is 4.37. The molecule has 0 spiro atoms. The zero-order chi connectivity index (χ0) is 13.6. The van der Waals surface area contributed by atoms with E-state index in [1.165, 1.54) is 0 Å². The van der Waals surface area contributed by atoms with Crippen molar-refractivity contribution in [2.45, 2.75) is 39.7 Å². The maximum absolute atomic E-state index is 5.85. The fourth-order valence-electron chi connectivity index (χ4n) is 1.37. The fourth-order valence-corrected chi connectivity index (χ4v) is 1.37. The van der Waals surface area contributed by atoms with Crippen molar-refractivity contribution in [2.24, 2.45) is 0 Å². The second kappa shape index (κ2) is 6.28. The first-order chi connectivity index (χ1) is 8.42. The smallest absolute Gasteiger partial charge is 0.239 e. The van der Waals surface area contributed by atoms with Crippen LogP contribution in [0, 0.1) is 0 Å². The van der Waals surface area contributed by atoms with Crippen LogP contribution in [-0.4, -0.2) is 17.1 Å². The van der Waals surface area contributed by atoms with Crippen molar-refractivity contribution >= 4 is 11.5 Å². The predicted octanol–water partition coefficient (Wildman–Crippen LogP) is 3.22. The van der Waals surface area contributed by atoms with E-state index in [0.29, 0.717) is 11.6 Å². The van der Waals surface area contributed by atoms with Crippen LogP contribution in [0.3, 0.4) is 0 Å². The van der Waals surface area contributed by atoms with Gasteiger partial charge in [0, 0.05) is 6.54 Å². The van der Waals surface area contributed by atoms with Crippen LogP contribution in [0.25, 0.3) is 0 Å². The van der Waals surface area contributed by atoms with Gasteiger partial charge in [-0.1, -0.05) is 12.2 Å². The molecule has 1 heterocycles. The molecule has 4 heteroatoms. The minimum absolute atomic E-state index is 0.301. The van der Waals surface area contributed by atoms with Crippen molar-refractivity contribution in [3.05, 3.63) is 24.3 Å². The standard InChI is InChI=1S/C14H23N3O/c1-5-6-7-10-16-12-9-8-11(15)13(17-12)18-14(2,3)4/h5-6,8-9H,7,10,15H2,1-4H3,(H,16,17)/b6-5+. The van der Waals surface area contributed by atoms with E-state index in [-0.39, 0.29) is 5.60 Å². The number of hydrogen-bond acceptors (Lipinski definition) is 4. The van der Waals surface area contributed by atoms with Crippen LogP contribution in [0.1, 0.15) is 34.1 Å². The molecule has 0 radical (unpaired) electrons. The van der Waals surface area contributed by atoms with Gasteiger partial charge in [0.25, 0.3) is 0 Å². The minimum Gasteiger partial charge on any atom is -0.470 e. The molecule has 0 aliphatic carbocycles. The molecule has 0 aliphatic rings. The molecule has 0 bridgehead atoms. The Hall–Kier alpha value is -1.71. The van der Waals surface area contributed by atoms with Crippen LogP contribution in [-0.2, 0) is 0 Å². The number of aromatic nitrogens is 1. The van der Waals surface area contributed by atoms with E-state index < -0.39 is 0 Å². The number of allylic oxidation sites excluding steroid dienone is 1. The summed E-state index contributed by atoms with van der Waals surface area (Å²) in [7, 11) is 0. The molecule has 0 saturated carbocycles. The largest absolute Gasteiger partial charge is 0.470 e. The summed E-state index contributed by atoms with van der Waals surface area (Å²) >= 11 is 0. The molecule has 100 valence electrons. The third-order valence-corrected chi connectivity index (χ3v) is 2.15. The Morgan fingerprint density at radius 2 is 2.11 bits per heavy atom. The highest BCUT2D eigenvalue weighted by molar-refractivity contribution is 5.53. The molecule has 18 heavy (non-hydrogen) atoms. The van der Waals surface area contributed by atoms with Crippen molar-refractivity contribution in [3.63, 3.8) is 0 Å². The Kier molecular flexibility index (Phi) is 5.01. The van der Waals surface area contributed by atoms with Crippen LogP contribution in [0.2, 0.25) is 0 Å². The van der Waals surface area contributed by atoms with E-state index in [1.807, 2.05) is 45.9 Å². The third-order valence-electron chi connectivity index (χ3n) is 2.15. The van der Waals surface area contributed by atoms with E-state index in [4.69, 9.17) is 10.5 Å². The van der Waals surface area contributed by atoms with Crippen LogP contribution in [0.4, 0.5) is 11.5 Å². The van der Waals surface area contributed by atoms with Gasteiger partial charge in [-0.05, 0) is 46.2 Å². The first-order valence-electron chi connectivity index (χ1n) is 6.23. The number of nitrogens with two attached hydrogens (primary N) is 1. The maximum Gasteiger partial charge on any atom is 0.239 e. The first kappa shape index (κ1) is 14.4. The zero-order valence-electron chi connectivity index (χ0n) is 11.7. The van der Waals surface area contributed by atoms with Crippen molar-refractivity contribution in [1.82, 2.24) is 4.98 Å². The predicted molar refractivity (Wildman–Crippen MR) is 77.0 cm³/mol. The summed E-state index contributed by atoms with van der Waals surface area (Å²) in [6, 6.07) is 3.67. The molecule has 0 atom stereocenters. The monoisotopic (exact) mass is 249 g/mol. The van der Waals surface area contributed by atoms with E-state index in [0.717, 1.165) is 18.8 Å². The molecule has 1 aromatic heterocycles. The second-order valence-corrected chi connectivity index (χ2v) is 5.09. The van der Waals surface area contributed by atoms with Gasteiger partial charge < -0.3 is 15.8 Å². The second-order valence-electron chi connectivity index (χ2n) is 5.09. The number of rotatable bonds is 5. The molecule has 4 nitrogen and oxygen atoms in total. The summed E-state index contributed by atoms with van der Waals surface area (Å²) in [5, 5.41) is 3.23. The third kappa shape index (κ3) is 5.08. The Morgan fingerprint density at radius 1 is 1.39 bits per heavy atom. The lowest BCUT2D eigenvalue weighted by Crippen LogP contribution is -2.24. The quantitative estimate of drug-likeness (QED) is 0.621. The minimum atomic E-state index is -0.301. The van der Waals surface area contributed by atoms with Crippen LogP contribution >= 0.6 is 0 Å². The molecule has 0 unspecified atom stereocenters. The summed E-state index contributed by atoms with van der Waals surface area (Å²) < 4.78 is 5.71. The van der Waals surface area contributed by atoms with E-state index in [1.54, 1.807) is 0 Å². The molecule has 1 aromatic rings. The lowest BCUT2D eigenvalue weighted by Gasteiger charge is -2.21. The molecule has 1 rings (SSSR count). The normalized spacial score (nSPS) is 11.8. The highest BCUT2D eigenvalue weighted by Crippen LogP contribution is 2.24. The van der Waals surface area contributed by atoms with E-state index in [9.17, 15) is 0 Å². The average Bonchev–Trinajstić information content (AvgIpc) is 2.27. The van der Waals surface area contributed by atoms with Gasteiger partial charge in [0.15, 0.2) is 0 Å². The van der Waals surface area contributed by atoms with Crippen LogP contribution in [0.15, 0.2) is 24.3 Å². The molecule has 0 saturated heterocycles. The molecule has 0 aromatic carbocycles. The summed E-state index contributed by atoms with van der Waals surface area (Å²) in [6.45, 7) is 8.77. The van der Waals surface area contributed by atoms with Gasteiger partial charge >= 0.3 is 0 Å². The lowest BCUT2D eigenvalue weighted by molar-refractivity contribution is 0.125. The van der Waals surface area contributed by atoms with Gasteiger partial charge in [0.2, 0.25) is 5.88 Å². The topological polar surface area (TPSA) is 60.2 Å². The number of anilines is 2. The number of nitrogens with one attached hydrogen (secondary N) is 1. The maximum atomic E-state index is 5.85. The highest BCUT2D eigenvalue weighted by Gasteiger charge is 2.15. The number of hydrogen-bond donors (Lipinski definition) is 2. The molecular formula is C14H23N3O. The SMILES string of the molecule is C/C=C/CCNc1ccc(N)c(OC(C)(C)C)n1. The molecule has 0 fully saturated rings. The first-order valence-corrected chi connectivity index (χ1v) is 6.23. The fraction of sp³-hybridized carbons (Fsp3) is 0.500. The van der Waals surface area contributed by atoms with Crippen LogP contribution < -0.4 is 15.8 Å². The van der Waals surface area contributed by atoms with Gasteiger partial charge in [-0.15, -0.1) is 0 Å². The average molecular weight is 249 g/mol. The van der Waals surface area contributed by atoms with Crippen molar-refractivity contribution in [1.29, 1.82) is 0 Å². The van der Waals surface area contributed by atoms with Crippen molar-refractivity contribution < 1.29 is 4.74 Å². The summed E-state index contributed by atoms with van der Waals surface area (Å²) in [5.41, 5.74) is 6.10. The van der Waals surface area contributed by atoms with Gasteiger partial charge in [0.1, 0.15) is 11.4 Å². The number of ether oxygens (including phenoxy) is 1. The van der Waals surface area contributed by atoms with Gasteiger partial charge in [-0.2, -0.15) is 4.98 Å². The van der Waals surface area contributed by atoms with E-state index in [2.05, 4.69) is 16.4 Å². The Morgan fingerprint density at radius 3 is 2.72 bits per heavy atom. The van der Waals surface area contributed by atoms with Gasteiger partial charge in [-0.25, -0.2) is 0 Å². The number of nitrogen functional groups attached to an aromatic ring is 1. The molecule has 3 N–H and O–H groups in total. The zero-order valence-corrected chi connectivity index (χ0v) is 11.7. The molecular weight excluding hydrogens is 226 g/mol. The van der Waals surface area contributed by atoms with Gasteiger partial charge in [-0.3, -0.25) is 0 Å². The Balaban J connectivity index is 2.68. The summed E-state index contributed by atoms with van der Waals surface area (Å²) in [5.74, 6) is 1.27. The Bertz CT molecular complexity index is 408. The lowest BCUT2D eigenvalue weighted by atomic mass is 10.2. The van der Waals surface area contributed by atoms with Crippen LogP contribution in [0.5, 0.6) is 5.88 Å². The van der Waals surface area contributed by atoms with Gasteiger partial charge in [0.05, 0.1) is 5.69 Å². The Labute approximate surface area is 109 Å². The number of nitrogens with zero attached hydrogens (tertiary/aromatic N) is 1. The van der Waals surface area contributed by atoms with E-state index >= 15 is 0 Å². The number of pyridine rings is 1.